The molecule has 0 saturated heterocycles. The van der Waals surface area contributed by atoms with E-state index in [4.69, 9.17) is 5.11 Å². The second kappa shape index (κ2) is 6.03. The molecule has 1 aliphatic carbocycles. The third-order valence-corrected chi connectivity index (χ3v) is 3.98. The van der Waals surface area contributed by atoms with E-state index in [1.54, 1.807) is 6.92 Å². The molecule has 17 heavy (non-hydrogen) atoms. The van der Waals surface area contributed by atoms with Crippen LogP contribution < -0.4 is 5.32 Å². The maximum absolute atomic E-state index is 12.3. The van der Waals surface area contributed by atoms with Crippen molar-refractivity contribution >= 4 is 11.9 Å². The number of carboxylic acids is 1. The number of carboxylic acid groups (broad SMARTS) is 1. The van der Waals surface area contributed by atoms with Crippen LogP contribution in [0.25, 0.3) is 0 Å². The van der Waals surface area contributed by atoms with Gasteiger partial charge < -0.3 is 10.4 Å². The van der Waals surface area contributed by atoms with E-state index < -0.39 is 12.0 Å². The monoisotopic (exact) mass is 241 g/mol. The molecule has 4 nitrogen and oxygen atoms in total. The van der Waals surface area contributed by atoms with Gasteiger partial charge in [0, 0.05) is 5.41 Å². The molecule has 0 aliphatic heterocycles. The first kappa shape index (κ1) is 14.0. The van der Waals surface area contributed by atoms with Crippen molar-refractivity contribution < 1.29 is 14.7 Å². The Morgan fingerprint density at radius 1 is 1.24 bits per heavy atom. The van der Waals surface area contributed by atoms with E-state index in [1.807, 2.05) is 6.92 Å². The maximum Gasteiger partial charge on any atom is 0.326 e. The Morgan fingerprint density at radius 2 is 1.82 bits per heavy atom. The van der Waals surface area contributed by atoms with Crippen molar-refractivity contribution in [2.24, 2.45) is 5.41 Å². The highest BCUT2D eigenvalue weighted by Crippen LogP contribution is 2.39. The number of hydrogen-bond donors (Lipinski definition) is 2. The van der Waals surface area contributed by atoms with Gasteiger partial charge in [0.05, 0.1) is 0 Å². The van der Waals surface area contributed by atoms with Crippen LogP contribution in [0.3, 0.4) is 0 Å². The molecule has 0 heterocycles. The third kappa shape index (κ3) is 3.20. The lowest BCUT2D eigenvalue weighted by Crippen LogP contribution is -2.48. The highest BCUT2D eigenvalue weighted by Gasteiger charge is 2.38. The van der Waals surface area contributed by atoms with Crippen molar-refractivity contribution in [2.45, 2.75) is 64.8 Å². The molecule has 0 aromatic heterocycles. The summed E-state index contributed by atoms with van der Waals surface area (Å²) in [6, 6.07) is -0.743. The van der Waals surface area contributed by atoms with Crippen LogP contribution in [0.5, 0.6) is 0 Å². The standard InChI is InChI=1S/C13H23NO3/c1-3-10(11(15)16)14-12(17)13(4-2)8-6-5-7-9-13/h10H,3-9H2,1-2H3,(H,14,17)(H,15,16). The average molecular weight is 241 g/mol. The van der Waals surface area contributed by atoms with Crippen LogP contribution in [0.2, 0.25) is 0 Å². The molecule has 1 atom stereocenters. The molecule has 1 aliphatic rings. The first-order valence-corrected chi connectivity index (χ1v) is 6.59. The molecule has 4 heteroatoms. The minimum Gasteiger partial charge on any atom is -0.480 e. The molecule has 0 radical (unpaired) electrons. The summed E-state index contributed by atoms with van der Waals surface area (Å²) in [6.07, 6.45) is 6.36. The summed E-state index contributed by atoms with van der Waals surface area (Å²) in [5.41, 5.74) is -0.318. The summed E-state index contributed by atoms with van der Waals surface area (Å²) in [4.78, 5) is 23.2. The van der Waals surface area contributed by atoms with Gasteiger partial charge in [-0.3, -0.25) is 4.79 Å². The molecular weight excluding hydrogens is 218 g/mol. The van der Waals surface area contributed by atoms with Gasteiger partial charge >= 0.3 is 5.97 Å². The molecule has 98 valence electrons. The fourth-order valence-electron chi connectivity index (χ4n) is 2.62. The summed E-state index contributed by atoms with van der Waals surface area (Å²) in [6.45, 7) is 3.80. The number of rotatable bonds is 5. The van der Waals surface area contributed by atoms with Crippen LogP contribution >= 0.6 is 0 Å². The van der Waals surface area contributed by atoms with E-state index in [-0.39, 0.29) is 11.3 Å². The van der Waals surface area contributed by atoms with Crippen molar-refractivity contribution in [3.8, 4) is 0 Å². The number of nitrogens with one attached hydrogen (secondary N) is 1. The zero-order chi connectivity index (χ0) is 12.9. The van der Waals surface area contributed by atoms with Gasteiger partial charge in [0.25, 0.3) is 0 Å². The molecule has 1 rings (SSSR count). The minimum atomic E-state index is -0.942. The van der Waals surface area contributed by atoms with E-state index in [0.717, 1.165) is 32.1 Å². The van der Waals surface area contributed by atoms with E-state index in [2.05, 4.69) is 5.32 Å². The Labute approximate surface area is 103 Å². The van der Waals surface area contributed by atoms with Crippen molar-refractivity contribution in [2.75, 3.05) is 0 Å². The summed E-state index contributed by atoms with van der Waals surface area (Å²) >= 11 is 0. The van der Waals surface area contributed by atoms with Gasteiger partial charge in [-0.05, 0) is 25.7 Å². The Hall–Kier alpha value is -1.06. The molecule has 0 aromatic carbocycles. The van der Waals surface area contributed by atoms with Crippen LogP contribution in [0.4, 0.5) is 0 Å². The van der Waals surface area contributed by atoms with Gasteiger partial charge in [0.2, 0.25) is 5.91 Å². The smallest absolute Gasteiger partial charge is 0.326 e. The number of amides is 1. The van der Waals surface area contributed by atoms with Crippen LogP contribution in [0, 0.1) is 5.41 Å². The Bertz CT molecular complexity index is 282. The van der Waals surface area contributed by atoms with Crippen LogP contribution in [-0.4, -0.2) is 23.0 Å². The molecule has 0 spiro atoms. The van der Waals surface area contributed by atoms with Crippen LogP contribution in [0.15, 0.2) is 0 Å². The normalized spacial score (nSPS) is 20.6. The van der Waals surface area contributed by atoms with Gasteiger partial charge in [0.1, 0.15) is 6.04 Å². The van der Waals surface area contributed by atoms with Gasteiger partial charge in [-0.1, -0.05) is 33.1 Å². The summed E-state index contributed by atoms with van der Waals surface area (Å²) in [7, 11) is 0. The fourth-order valence-corrected chi connectivity index (χ4v) is 2.62. The van der Waals surface area contributed by atoms with Gasteiger partial charge in [-0.25, -0.2) is 4.79 Å². The van der Waals surface area contributed by atoms with Crippen molar-refractivity contribution in [3.63, 3.8) is 0 Å². The van der Waals surface area contributed by atoms with E-state index in [0.29, 0.717) is 6.42 Å². The molecular formula is C13H23NO3. The first-order valence-electron chi connectivity index (χ1n) is 6.59. The maximum atomic E-state index is 12.3. The Balaban J connectivity index is 2.68. The number of hydrogen-bond acceptors (Lipinski definition) is 2. The molecule has 1 unspecified atom stereocenters. The third-order valence-electron chi connectivity index (χ3n) is 3.98. The Morgan fingerprint density at radius 3 is 2.24 bits per heavy atom. The number of aliphatic carboxylic acids is 1. The van der Waals surface area contributed by atoms with Gasteiger partial charge in [-0.15, -0.1) is 0 Å². The summed E-state index contributed by atoms with van der Waals surface area (Å²) in [5.74, 6) is -1.00. The predicted molar refractivity (Wildman–Crippen MR) is 65.7 cm³/mol. The minimum absolute atomic E-state index is 0.0612. The lowest BCUT2D eigenvalue weighted by atomic mass is 9.71. The van der Waals surface area contributed by atoms with Crippen LogP contribution in [-0.2, 0) is 9.59 Å². The summed E-state index contributed by atoms with van der Waals surface area (Å²) < 4.78 is 0. The molecule has 0 aromatic rings. The van der Waals surface area contributed by atoms with E-state index in [9.17, 15) is 9.59 Å². The predicted octanol–water partition coefficient (Wildman–Crippen LogP) is 2.33. The molecule has 0 bridgehead atoms. The zero-order valence-corrected chi connectivity index (χ0v) is 10.8. The van der Waals surface area contributed by atoms with E-state index >= 15 is 0 Å². The van der Waals surface area contributed by atoms with Crippen LogP contribution in [0.1, 0.15) is 58.8 Å². The molecule has 1 fully saturated rings. The Kier molecular flexibility index (Phi) is 4.97. The molecule has 2 N–H and O–H groups in total. The second-order valence-corrected chi connectivity index (χ2v) is 4.97. The van der Waals surface area contributed by atoms with Gasteiger partial charge in [0.15, 0.2) is 0 Å². The molecule has 1 saturated carbocycles. The summed E-state index contributed by atoms with van der Waals surface area (Å²) in [5, 5.41) is 11.7. The first-order chi connectivity index (χ1) is 8.05. The average Bonchev–Trinajstić information content (AvgIpc) is 2.35. The largest absolute Gasteiger partial charge is 0.480 e. The zero-order valence-electron chi connectivity index (χ0n) is 10.8. The second-order valence-electron chi connectivity index (χ2n) is 4.97. The lowest BCUT2D eigenvalue weighted by molar-refractivity contribution is -0.144. The van der Waals surface area contributed by atoms with Crippen molar-refractivity contribution in [3.05, 3.63) is 0 Å². The SMILES string of the molecule is CCC(NC(=O)C1(CC)CCCCC1)C(=O)O. The van der Waals surface area contributed by atoms with E-state index in [1.165, 1.54) is 6.42 Å². The van der Waals surface area contributed by atoms with Gasteiger partial charge in [-0.2, -0.15) is 0 Å². The number of carbonyl (C=O) groups excluding carboxylic acids is 1. The number of carbonyl (C=O) groups is 2. The van der Waals surface area contributed by atoms with Crippen molar-refractivity contribution in [1.29, 1.82) is 0 Å². The fraction of sp³-hybridized carbons (Fsp3) is 0.846. The quantitative estimate of drug-likeness (QED) is 0.776. The lowest BCUT2D eigenvalue weighted by Gasteiger charge is -2.35. The topological polar surface area (TPSA) is 66.4 Å². The highest BCUT2D eigenvalue weighted by atomic mass is 16.4. The molecule has 1 amide bonds. The van der Waals surface area contributed by atoms with Crippen molar-refractivity contribution in [1.82, 2.24) is 5.32 Å². The highest BCUT2D eigenvalue weighted by molar-refractivity contribution is 5.87.